The van der Waals surface area contributed by atoms with E-state index >= 15 is 0 Å². The average molecular weight is 365 g/mol. The molecule has 0 aliphatic carbocycles. The Morgan fingerprint density at radius 2 is 1.48 bits per heavy atom. The van der Waals surface area contributed by atoms with Crippen LogP contribution >= 0.6 is 11.3 Å². The van der Waals surface area contributed by atoms with Gasteiger partial charge in [0, 0.05) is 20.3 Å². The standard InChI is InChI=1S/C26H20S/c1-4-8-19-22-14-13-20-17-9-6-7-10-18(17)23-15-16(3)11-12-21(23)25(20)26(22)27-24(19)5-2/h4-15H,2H2,1,3H3/b8-4-. The van der Waals surface area contributed by atoms with Crippen molar-refractivity contribution in [2.45, 2.75) is 13.8 Å². The molecule has 0 atom stereocenters. The lowest BCUT2D eigenvalue weighted by Gasteiger charge is -2.12. The molecule has 0 bridgehead atoms. The highest BCUT2D eigenvalue weighted by Crippen LogP contribution is 2.44. The molecule has 0 radical (unpaired) electrons. The molecule has 0 amide bonds. The van der Waals surface area contributed by atoms with Crippen LogP contribution in [0.1, 0.15) is 22.9 Å². The van der Waals surface area contributed by atoms with Gasteiger partial charge in [0.25, 0.3) is 0 Å². The summed E-state index contributed by atoms with van der Waals surface area (Å²) >= 11 is 1.85. The number of hydrogen-bond acceptors (Lipinski definition) is 1. The van der Waals surface area contributed by atoms with Crippen LogP contribution in [0.15, 0.2) is 67.3 Å². The second-order valence-corrected chi connectivity index (χ2v) is 8.10. The number of aryl methyl sites for hydroxylation is 1. The molecule has 1 aromatic heterocycles. The molecule has 0 saturated carbocycles. The van der Waals surface area contributed by atoms with Crippen molar-refractivity contribution < 1.29 is 0 Å². The van der Waals surface area contributed by atoms with Gasteiger partial charge in [-0.05, 0) is 46.3 Å². The summed E-state index contributed by atoms with van der Waals surface area (Å²) in [6.45, 7) is 8.29. The maximum absolute atomic E-state index is 4.05. The summed E-state index contributed by atoms with van der Waals surface area (Å²) in [6.07, 6.45) is 6.30. The zero-order valence-corrected chi connectivity index (χ0v) is 16.4. The van der Waals surface area contributed by atoms with E-state index in [0.29, 0.717) is 0 Å². The van der Waals surface area contributed by atoms with Crippen molar-refractivity contribution in [3.05, 3.63) is 83.3 Å². The first kappa shape index (κ1) is 16.3. The molecule has 4 aromatic carbocycles. The highest BCUT2D eigenvalue weighted by molar-refractivity contribution is 7.21. The molecule has 0 aliphatic heterocycles. The monoisotopic (exact) mass is 364 g/mol. The molecule has 0 spiro atoms. The average Bonchev–Trinajstić information content (AvgIpc) is 3.06. The summed E-state index contributed by atoms with van der Waals surface area (Å²) in [5.74, 6) is 0. The minimum atomic E-state index is 1.24. The van der Waals surface area contributed by atoms with Gasteiger partial charge < -0.3 is 0 Å². The van der Waals surface area contributed by atoms with Crippen LogP contribution in [0.5, 0.6) is 0 Å². The van der Waals surface area contributed by atoms with Crippen LogP contribution in [-0.4, -0.2) is 0 Å². The molecule has 1 heteroatoms. The Labute approximate surface area is 163 Å². The normalized spacial score (nSPS) is 12.1. The van der Waals surface area contributed by atoms with Crippen molar-refractivity contribution in [3.8, 4) is 0 Å². The summed E-state index contributed by atoms with van der Waals surface area (Å²) < 4.78 is 1.36. The Kier molecular flexibility index (Phi) is 3.66. The second kappa shape index (κ2) is 6.07. The van der Waals surface area contributed by atoms with E-state index in [1.807, 2.05) is 17.4 Å². The molecule has 0 nitrogen and oxygen atoms in total. The molecule has 1 heterocycles. The number of fused-ring (bicyclic) bond motifs is 8. The minimum absolute atomic E-state index is 1.24. The Balaban J connectivity index is 2.12. The van der Waals surface area contributed by atoms with Crippen LogP contribution in [0.2, 0.25) is 0 Å². The Bertz CT molecular complexity index is 1400. The first-order chi connectivity index (χ1) is 13.2. The highest BCUT2D eigenvalue weighted by Gasteiger charge is 2.15. The van der Waals surface area contributed by atoms with Crippen molar-refractivity contribution in [2.75, 3.05) is 0 Å². The number of hydrogen-bond donors (Lipinski definition) is 0. The van der Waals surface area contributed by atoms with E-state index in [1.54, 1.807) is 0 Å². The third-order valence-electron chi connectivity index (χ3n) is 5.40. The predicted octanol–water partition coefficient (Wildman–Crippen LogP) is 8.35. The molecular formula is C26H20S. The van der Waals surface area contributed by atoms with E-state index in [1.165, 1.54) is 58.4 Å². The minimum Gasteiger partial charge on any atom is -0.135 e. The zero-order chi connectivity index (χ0) is 18.5. The summed E-state index contributed by atoms with van der Waals surface area (Å²) in [7, 11) is 0. The Hall–Kier alpha value is -2.90. The van der Waals surface area contributed by atoms with Gasteiger partial charge >= 0.3 is 0 Å². The zero-order valence-electron chi connectivity index (χ0n) is 15.5. The summed E-state index contributed by atoms with van der Waals surface area (Å²) in [4.78, 5) is 1.24. The number of rotatable bonds is 2. The van der Waals surface area contributed by atoms with Gasteiger partial charge in [-0.25, -0.2) is 0 Å². The van der Waals surface area contributed by atoms with Gasteiger partial charge in [-0.3, -0.25) is 0 Å². The van der Waals surface area contributed by atoms with E-state index in [0.717, 1.165) is 0 Å². The topological polar surface area (TPSA) is 0 Å². The SMILES string of the molecule is C=Cc1sc2c(ccc3c4ccccc4c4cc(C)ccc4c32)c1/C=C\C. The maximum Gasteiger partial charge on any atom is 0.0440 e. The van der Waals surface area contributed by atoms with Gasteiger partial charge in [0.15, 0.2) is 0 Å². The van der Waals surface area contributed by atoms with Crippen molar-refractivity contribution >= 4 is 65.9 Å². The van der Waals surface area contributed by atoms with E-state index in [4.69, 9.17) is 0 Å². The molecule has 0 saturated heterocycles. The second-order valence-electron chi connectivity index (χ2n) is 7.04. The lowest BCUT2D eigenvalue weighted by Crippen LogP contribution is -1.85. The van der Waals surface area contributed by atoms with Crippen LogP contribution in [0.3, 0.4) is 0 Å². The smallest absolute Gasteiger partial charge is 0.0440 e. The van der Waals surface area contributed by atoms with Gasteiger partial charge in [0.05, 0.1) is 0 Å². The van der Waals surface area contributed by atoms with Crippen LogP contribution in [0.4, 0.5) is 0 Å². The Morgan fingerprint density at radius 3 is 2.22 bits per heavy atom. The third kappa shape index (κ3) is 2.28. The fourth-order valence-electron chi connectivity index (χ4n) is 4.23. The quantitative estimate of drug-likeness (QED) is 0.276. The third-order valence-corrected chi connectivity index (χ3v) is 6.63. The van der Waals surface area contributed by atoms with Crippen molar-refractivity contribution in [3.63, 3.8) is 0 Å². The Morgan fingerprint density at radius 1 is 0.815 bits per heavy atom. The number of allylic oxidation sites excluding steroid dienone is 1. The molecule has 5 rings (SSSR count). The van der Waals surface area contributed by atoms with Crippen molar-refractivity contribution in [1.82, 2.24) is 0 Å². The molecule has 0 aliphatic rings. The molecule has 130 valence electrons. The summed E-state index contributed by atoms with van der Waals surface area (Å²) in [6, 6.07) is 20.2. The lowest BCUT2D eigenvalue weighted by atomic mass is 9.92. The van der Waals surface area contributed by atoms with E-state index in [9.17, 15) is 0 Å². The summed E-state index contributed by atoms with van der Waals surface area (Å²) in [5.41, 5.74) is 2.58. The maximum atomic E-state index is 4.05. The van der Waals surface area contributed by atoms with Crippen LogP contribution < -0.4 is 0 Å². The first-order valence-electron chi connectivity index (χ1n) is 9.28. The molecule has 5 aromatic rings. The van der Waals surface area contributed by atoms with Crippen LogP contribution in [-0.2, 0) is 0 Å². The van der Waals surface area contributed by atoms with E-state index in [-0.39, 0.29) is 0 Å². The molecule has 0 unspecified atom stereocenters. The van der Waals surface area contributed by atoms with Gasteiger partial charge in [-0.2, -0.15) is 0 Å². The largest absolute Gasteiger partial charge is 0.135 e. The lowest BCUT2D eigenvalue weighted by molar-refractivity contribution is 1.51. The molecule has 0 N–H and O–H groups in total. The fraction of sp³-hybridized carbons (Fsp3) is 0.0769. The van der Waals surface area contributed by atoms with E-state index < -0.39 is 0 Å². The van der Waals surface area contributed by atoms with Gasteiger partial charge in [-0.15, -0.1) is 11.3 Å². The number of thiophene rings is 1. The van der Waals surface area contributed by atoms with Crippen molar-refractivity contribution in [2.24, 2.45) is 0 Å². The number of benzene rings is 4. The fourth-order valence-corrected chi connectivity index (χ4v) is 5.43. The van der Waals surface area contributed by atoms with Crippen LogP contribution in [0.25, 0.3) is 54.6 Å². The van der Waals surface area contributed by atoms with Gasteiger partial charge in [0.2, 0.25) is 0 Å². The van der Waals surface area contributed by atoms with Crippen molar-refractivity contribution in [1.29, 1.82) is 0 Å². The molecular weight excluding hydrogens is 344 g/mol. The highest BCUT2D eigenvalue weighted by atomic mass is 32.1. The van der Waals surface area contributed by atoms with Gasteiger partial charge in [-0.1, -0.05) is 85.0 Å². The van der Waals surface area contributed by atoms with Crippen LogP contribution in [0, 0.1) is 6.92 Å². The molecule has 27 heavy (non-hydrogen) atoms. The van der Waals surface area contributed by atoms with Gasteiger partial charge in [0.1, 0.15) is 0 Å². The predicted molar refractivity (Wildman–Crippen MR) is 124 cm³/mol. The molecule has 0 fully saturated rings. The first-order valence-corrected chi connectivity index (χ1v) is 10.1. The summed E-state index contributed by atoms with van der Waals surface area (Å²) in [5, 5.41) is 9.35. The van der Waals surface area contributed by atoms with E-state index in [2.05, 4.69) is 87.2 Å².